The van der Waals surface area contributed by atoms with Gasteiger partial charge >= 0.3 is 0 Å². The topological polar surface area (TPSA) is 38.7 Å². The van der Waals surface area contributed by atoms with Gasteiger partial charge in [-0.05, 0) is 41.1 Å². The second kappa shape index (κ2) is 7.12. The zero-order chi connectivity index (χ0) is 12.0. The quantitative estimate of drug-likeness (QED) is 0.878. The molecule has 5 heteroatoms. The van der Waals surface area contributed by atoms with E-state index in [1.807, 2.05) is 6.92 Å². The van der Waals surface area contributed by atoms with Gasteiger partial charge in [-0.15, -0.1) is 0 Å². The van der Waals surface area contributed by atoms with E-state index in [-0.39, 0.29) is 13.2 Å². The molecule has 0 saturated carbocycles. The van der Waals surface area contributed by atoms with Gasteiger partial charge in [-0.25, -0.2) is 0 Å². The van der Waals surface area contributed by atoms with E-state index in [0.29, 0.717) is 17.4 Å². The predicted molar refractivity (Wildman–Crippen MR) is 67.1 cm³/mol. The summed E-state index contributed by atoms with van der Waals surface area (Å²) < 4.78 is 11.2. The molecule has 0 heterocycles. The van der Waals surface area contributed by atoms with Crippen molar-refractivity contribution in [3.05, 3.63) is 27.7 Å². The van der Waals surface area contributed by atoms with Gasteiger partial charge in [0, 0.05) is 11.1 Å². The fraction of sp³-hybridized carbons (Fsp3) is 0.455. The molecule has 0 fully saturated rings. The zero-order valence-electron chi connectivity index (χ0n) is 8.95. The van der Waals surface area contributed by atoms with Gasteiger partial charge in [-0.1, -0.05) is 11.6 Å². The van der Waals surface area contributed by atoms with Gasteiger partial charge in [0.1, 0.15) is 18.5 Å². The maximum atomic E-state index is 9.47. The van der Waals surface area contributed by atoms with Gasteiger partial charge in [-0.2, -0.15) is 0 Å². The molecule has 0 bridgehead atoms. The Balaban J connectivity index is 2.39. The molecule has 0 radical (unpaired) electrons. The molecule has 0 aliphatic heterocycles. The van der Waals surface area contributed by atoms with Gasteiger partial charge in [0.05, 0.1) is 11.6 Å². The first-order valence-electron chi connectivity index (χ1n) is 4.97. The van der Waals surface area contributed by atoms with Crippen LogP contribution in [0.2, 0.25) is 5.02 Å². The molecule has 0 aliphatic rings. The summed E-state index contributed by atoms with van der Waals surface area (Å²) in [4.78, 5) is 0. The molecule has 1 N–H and O–H groups in total. The first-order chi connectivity index (χ1) is 7.63. The van der Waals surface area contributed by atoms with Crippen LogP contribution in [-0.2, 0) is 4.74 Å². The summed E-state index contributed by atoms with van der Waals surface area (Å²) in [5.74, 6) is 0.628. The molecule has 0 amide bonds. The lowest BCUT2D eigenvalue weighted by atomic mass is 10.3. The number of hydrogen-bond acceptors (Lipinski definition) is 3. The summed E-state index contributed by atoms with van der Waals surface area (Å²) >= 11 is 9.19. The first kappa shape index (κ1) is 13.8. The molecular weight excluding hydrogens is 295 g/mol. The fourth-order valence-electron chi connectivity index (χ4n) is 1.06. The summed E-state index contributed by atoms with van der Waals surface area (Å²) in [5.41, 5.74) is 0. The van der Waals surface area contributed by atoms with Crippen LogP contribution in [0, 0.1) is 0 Å². The fourth-order valence-corrected chi connectivity index (χ4v) is 1.48. The molecule has 1 atom stereocenters. The summed E-state index contributed by atoms with van der Waals surface area (Å²) in [7, 11) is 0. The number of aliphatic hydroxyl groups is 1. The minimum absolute atomic E-state index is 0.192. The van der Waals surface area contributed by atoms with Crippen LogP contribution < -0.4 is 4.74 Å². The van der Waals surface area contributed by atoms with E-state index in [1.54, 1.807) is 18.2 Å². The third kappa shape index (κ3) is 4.70. The minimum Gasteiger partial charge on any atom is -0.491 e. The average molecular weight is 310 g/mol. The Labute approximate surface area is 108 Å². The van der Waals surface area contributed by atoms with Crippen LogP contribution in [0.1, 0.15) is 6.92 Å². The lowest BCUT2D eigenvalue weighted by Gasteiger charge is -2.12. The Morgan fingerprint density at radius 3 is 2.81 bits per heavy atom. The Hall–Kier alpha value is -0.290. The standard InChI is InChI=1S/C11H14BrClO3/c1-2-15-6-8(14)7-16-9-3-4-10(12)11(13)5-9/h3-5,8,14H,2,6-7H2,1H3. The van der Waals surface area contributed by atoms with E-state index in [0.717, 1.165) is 4.47 Å². The Morgan fingerprint density at radius 1 is 1.44 bits per heavy atom. The van der Waals surface area contributed by atoms with Crippen molar-refractivity contribution < 1.29 is 14.6 Å². The molecule has 0 spiro atoms. The lowest BCUT2D eigenvalue weighted by Crippen LogP contribution is -2.23. The first-order valence-corrected chi connectivity index (χ1v) is 6.14. The maximum Gasteiger partial charge on any atom is 0.121 e. The lowest BCUT2D eigenvalue weighted by molar-refractivity contribution is 0.0164. The van der Waals surface area contributed by atoms with E-state index in [9.17, 15) is 5.11 Å². The van der Waals surface area contributed by atoms with Crippen LogP contribution in [0.3, 0.4) is 0 Å². The molecule has 1 aromatic rings. The van der Waals surface area contributed by atoms with E-state index >= 15 is 0 Å². The van der Waals surface area contributed by atoms with Crippen LogP contribution >= 0.6 is 27.5 Å². The predicted octanol–water partition coefficient (Wildman–Crippen LogP) is 2.88. The third-order valence-electron chi connectivity index (χ3n) is 1.85. The Kier molecular flexibility index (Phi) is 6.13. The van der Waals surface area contributed by atoms with Crippen molar-refractivity contribution in [2.45, 2.75) is 13.0 Å². The van der Waals surface area contributed by atoms with Crippen molar-refractivity contribution in [1.82, 2.24) is 0 Å². The number of rotatable bonds is 6. The van der Waals surface area contributed by atoms with Crippen molar-refractivity contribution in [2.75, 3.05) is 19.8 Å². The van der Waals surface area contributed by atoms with Gasteiger partial charge < -0.3 is 14.6 Å². The molecule has 1 rings (SSSR count). The molecule has 0 aliphatic carbocycles. The summed E-state index contributed by atoms with van der Waals surface area (Å²) in [6, 6.07) is 5.27. The van der Waals surface area contributed by atoms with Gasteiger partial charge in [0.15, 0.2) is 0 Å². The molecule has 16 heavy (non-hydrogen) atoms. The average Bonchev–Trinajstić information content (AvgIpc) is 2.28. The molecule has 3 nitrogen and oxygen atoms in total. The van der Waals surface area contributed by atoms with Crippen LogP contribution in [0.5, 0.6) is 5.75 Å². The molecular formula is C11H14BrClO3. The summed E-state index contributed by atoms with van der Waals surface area (Å²) in [6.45, 7) is 2.93. The van der Waals surface area contributed by atoms with Crippen molar-refractivity contribution in [3.63, 3.8) is 0 Å². The normalized spacial score (nSPS) is 12.5. The maximum absolute atomic E-state index is 9.47. The monoisotopic (exact) mass is 308 g/mol. The van der Waals surface area contributed by atoms with Crippen LogP contribution in [0.15, 0.2) is 22.7 Å². The Morgan fingerprint density at radius 2 is 2.19 bits per heavy atom. The van der Waals surface area contributed by atoms with E-state index < -0.39 is 6.10 Å². The second-order valence-electron chi connectivity index (χ2n) is 3.20. The molecule has 1 aromatic carbocycles. The second-order valence-corrected chi connectivity index (χ2v) is 4.46. The minimum atomic E-state index is -0.623. The number of hydrogen-bond donors (Lipinski definition) is 1. The van der Waals surface area contributed by atoms with E-state index in [1.165, 1.54) is 0 Å². The third-order valence-corrected chi connectivity index (χ3v) is 3.08. The van der Waals surface area contributed by atoms with Crippen LogP contribution in [0.25, 0.3) is 0 Å². The van der Waals surface area contributed by atoms with Crippen LogP contribution in [0.4, 0.5) is 0 Å². The van der Waals surface area contributed by atoms with E-state index in [2.05, 4.69) is 15.9 Å². The van der Waals surface area contributed by atoms with Gasteiger partial charge in [-0.3, -0.25) is 0 Å². The molecule has 1 unspecified atom stereocenters. The van der Waals surface area contributed by atoms with Crippen molar-refractivity contribution in [2.24, 2.45) is 0 Å². The highest BCUT2D eigenvalue weighted by atomic mass is 79.9. The van der Waals surface area contributed by atoms with Crippen molar-refractivity contribution in [1.29, 1.82) is 0 Å². The molecule has 90 valence electrons. The van der Waals surface area contributed by atoms with Gasteiger partial charge in [0.2, 0.25) is 0 Å². The highest BCUT2D eigenvalue weighted by molar-refractivity contribution is 9.10. The largest absolute Gasteiger partial charge is 0.491 e. The summed E-state index contributed by atoms with van der Waals surface area (Å²) in [6.07, 6.45) is -0.623. The zero-order valence-corrected chi connectivity index (χ0v) is 11.3. The van der Waals surface area contributed by atoms with E-state index in [4.69, 9.17) is 21.1 Å². The molecule has 0 aromatic heterocycles. The molecule has 0 saturated heterocycles. The number of benzene rings is 1. The SMILES string of the molecule is CCOCC(O)COc1ccc(Br)c(Cl)c1. The van der Waals surface area contributed by atoms with Crippen LogP contribution in [-0.4, -0.2) is 31.0 Å². The smallest absolute Gasteiger partial charge is 0.121 e. The summed E-state index contributed by atoms with van der Waals surface area (Å²) in [5, 5.41) is 10.1. The highest BCUT2D eigenvalue weighted by Crippen LogP contribution is 2.26. The number of halogens is 2. The number of aliphatic hydroxyl groups excluding tert-OH is 1. The van der Waals surface area contributed by atoms with Crippen molar-refractivity contribution in [3.8, 4) is 5.75 Å². The Bertz CT molecular complexity index is 333. The van der Waals surface area contributed by atoms with Gasteiger partial charge in [0.25, 0.3) is 0 Å². The van der Waals surface area contributed by atoms with Crippen molar-refractivity contribution >= 4 is 27.5 Å². The highest BCUT2D eigenvalue weighted by Gasteiger charge is 2.06. The number of ether oxygens (including phenoxy) is 2.